The molecule has 2 aliphatic rings. The molecular formula is C9H16N2. The fourth-order valence-electron chi connectivity index (χ4n) is 1.43. The number of hydrogen-bond acceptors (Lipinski definition) is 2. The minimum atomic E-state index is 0.981. The van der Waals surface area contributed by atoms with Crippen molar-refractivity contribution < 1.29 is 0 Å². The van der Waals surface area contributed by atoms with Gasteiger partial charge in [0.05, 0.1) is 0 Å². The van der Waals surface area contributed by atoms with Crippen molar-refractivity contribution in [3.8, 4) is 0 Å². The number of nitrogens with one attached hydrogen (secondary N) is 1. The molecule has 62 valence electrons. The van der Waals surface area contributed by atoms with Crippen molar-refractivity contribution in [1.82, 2.24) is 10.4 Å². The Bertz CT molecular complexity index is 170. The molecule has 1 N–H and O–H groups in total. The van der Waals surface area contributed by atoms with Crippen LogP contribution in [0.1, 0.15) is 26.2 Å². The summed E-state index contributed by atoms with van der Waals surface area (Å²) < 4.78 is 0. The largest absolute Gasteiger partial charge is 0.315 e. The third-order valence-electron chi connectivity index (χ3n) is 2.45. The molecule has 11 heavy (non-hydrogen) atoms. The maximum atomic E-state index is 3.37. The number of hydrazine groups is 1. The lowest BCUT2D eigenvalue weighted by Crippen LogP contribution is -2.30. The number of hydrogen-bond donors (Lipinski definition) is 1. The van der Waals surface area contributed by atoms with Gasteiger partial charge in [0.1, 0.15) is 0 Å². The van der Waals surface area contributed by atoms with Crippen molar-refractivity contribution in [2.24, 2.45) is 5.92 Å². The van der Waals surface area contributed by atoms with Gasteiger partial charge in [0.15, 0.2) is 0 Å². The molecule has 0 radical (unpaired) electrons. The topological polar surface area (TPSA) is 15.3 Å². The minimum absolute atomic E-state index is 0.981. The van der Waals surface area contributed by atoms with E-state index in [9.17, 15) is 0 Å². The summed E-state index contributed by atoms with van der Waals surface area (Å²) in [5.41, 5.74) is 4.90. The molecule has 0 atom stereocenters. The fraction of sp³-hybridized carbons (Fsp3) is 0.778. The van der Waals surface area contributed by atoms with Crippen molar-refractivity contribution in [2.45, 2.75) is 26.2 Å². The van der Waals surface area contributed by atoms with Crippen molar-refractivity contribution >= 4 is 0 Å². The van der Waals surface area contributed by atoms with Crippen LogP contribution in [0.2, 0.25) is 0 Å². The molecule has 0 aromatic carbocycles. The second-order valence-electron chi connectivity index (χ2n) is 3.57. The van der Waals surface area contributed by atoms with Crippen LogP contribution < -0.4 is 5.43 Å². The fourth-order valence-corrected chi connectivity index (χ4v) is 1.43. The van der Waals surface area contributed by atoms with Gasteiger partial charge in [-0.05, 0) is 30.8 Å². The van der Waals surface area contributed by atoms with Crippen molar-refractivity contribution in [2.75, 3.05) is 13.1 Å². The van der Waals surface area contributed by atoms with Gasteiger partial charge < -0.3 is 5.01 Å². The molecule has 1 fully saturated rings. The first kappa shape index (κ1) is 7.17. The van der Waals surface area contributed by atoms with Gasteiger partial charge in [0.25, 0.3) is 0 Å². The maximum absolute atomic E-state index is 3.37. The molecule has 2 rings (SSSR count). The molecular weight excluding hydrogens is 136 g/mol. The monoisotopic (exact) mass is 152 g/mol. The number of nitrogens with zero attached hydrogens (tertiary/aromatic N) is 1. The van der Waals surface area contributed by atoms with Gasteiger partial charge in [-0.2, -0.15) is 0 Å². The van der Waals surface area contributed by atoms with Crippen molar-refractivity contribution in [3.05, 3.63) is 11.8 Å². The Morgan fingerprint density at radius 2 is 2.45 bits per heavy atom. The van der Waals surface area contributed by atoms with Crippen LogP contribution in [0.25, 0.3) is 0 Å². The SMILES string of the molecule is CCC1=CN(CC2CC2)NC1. The van der Waals surface area contributed by atoms with Crippen LogP contribution in [-0.2, 0) is 0 Å². The quantitative estimate of drug-likeness (QED) is 0.659. The van der Waals surface area contributed by atoms with Crippen LogP contribution in [-0.4, -0.2) is 18.1 Å². The first-order valence-electron chi connectivity index (χ1n) is 4.58. The molecule has 1 aliphatic carbocycles. The van der Waals surface area contributed by atoms with E-state index in [1.54, 1.807) is 0 Å². The smallest absolute Gasteiger partial charge is 0.0377 e. The third-order valence-corrected chi connectivity index (χ3v) is 2.45. The van der Waals surface area contributed by atoms with E-state index in [0.29, 0.717) is 0 Å². The lowest BCUT2D eigenvalue weighted by molar-refractivity contribution is 0.294. The molecule has 0 aromatic rings. The van der Waals surface area contributed by atoms with E-state index < -0.39 is 0 Å². The Kier molecular flexibility index (Phi) is 1.86. The second kappa shape index (κ2) is 2.86. The summed E-state index contributed by atoms with van der Waals surface area (Å²) in [6.45, 7) is 4.51. The molecule has 1 heterocycles. The third kappa shape index (κ3) is 1.74. The van der Waals surface area contributed by atoms with E-state index in [-0.39, 0.29) is 0 Å². The van der Waals surface area contributed by atoms with Gasteiger partial charge in [0.2, 0.25) is 0 Å². The lowest BCUT2D eigenvalue weighted by Gasteiger charge is -2.14. The van der Waals surface area contributed by atoms with Crippen LogP contribution in [0, 0.1) is 5.92 Å². The van der Waals surface area contributed by atoms with Gasteiger partial charge in [-0.25, -0.2) is 5.43 Å². The first-order valence-corrected chi connectivity index (χ1v) is 4.58. The van der Waals surface area contributed by atoms with Crippen LogP contribution in [0.3, 0.4) is 0 Å². The molecule has 0 unspecified atom stereocenters. The predicted octanol–water partition coefficient (Wildman–Crippen LogP) is 1.51. The van der Waals surface area contributed by atoms with Gasteiger partial charge in [-0.15, -0.1) is 0 Å². The molecule has 0 saturated heterocycles. The molecule has 1 saturated carbocycles. The zero-order valence-corrected chi connectivity index (χ0v) is 7.14. The molecule has 0 aromatic heterocycles. The highest BCUT2D eigenvalue weighted by molar-refractivity contribution is 5.07. The summed E-state index contributed by atoms with van der Waals surface area (Å²) >= 11 is 0. The Labute approximate surface area is 68.2 Å². The van der Waals surface area contributed by atoms with Gasteiger partial charge >= 0.3 is 0 Å². The molecule has 0 bridgehead atoms. The molecule has 2 nitrogen and oxygen atoms in total. The summed E-state index contributed by atoms with van der Waals surface area (Å²) in [6, 6.07) is 0. The lowest BCUT2D eigenvalue weighted by atomic mass is 10.2. The van der Waals surface area contributed by atoms with E-state index >= 15 is 0 Å². The highest BCUT2D eigenvalue weighted by Gasteiger charge is 2.24. The standard InChI is InChI=1S/C9H16N2/c1-2-8-5-10-11(6-8)7-9-3-4-9/h6,9-10H,2-5,7H2,1H3. The molecule has 0 amide bonds. The first-order chi connectivity index (χ1) is 5.38. The predicted molar refractivity (Wildman–Crippen MR) is 45.8 cm³/mol. The average molecular weight is 152 g/mol. The van der Waals surface area contributed by atoms with E-state index in [0.717, 1.165) is 12.5 Å². The van der Waals surface area contributed by atoms with E-state index in [1.807, 2.05) is 0 Å². The second-order valence-corrected chi connectivity index (χ2v) is 3.57. The van der Waals surface area contributed by atoms with Gasteiger partial charge in [-0.3, -0.25) is 0 Å². The van der Waals surface area contributed by atoms with Crippen LogP contribution in [0.5, 0.6) is 0 Å². The van der Waals surface area contributed by atoms with Crippen molar-refractivity contribution in [1.29, 1.82) is 0 Å². The Morgan fingerprint density at radius 1 is 1.64 bits per heavy atom. The zero-order valence-electron chi connectivity index (χ0n) is 7.14. The number of rotatable bonds is 3. The van der Waals surface area contributed by atoms with Gasteiger partial charge in [-0.1, -0.05) is 6.92 Å². The highest BCUT2D eigenvalue weighted by Crippen LogP contribution is 2.30. The van der Waals surface area contributed by atoms with Gasteiger partial charge in [0, 0.05) is 19.3 Å². The van der Waals surface area contributed by atoms with E-state index in [1.165, 1.54) is 31.4 Å². The Balaban J connectivity index is 1.81. The normalized spacial score (nSPS) is 24.1. The van der Waals surface area contributed by atoms with Crippen molar-refractivity contribution in [3.63, 3.8) is 0 Å². The molecule has 2 heteroatoms. The molecule has 0 spiro atoms. The Morgan fingerprint density at radius 3 is 3.00 bits per heavy atom. The van der Waals surface area contributed by atoms with Crippen LogP contribution in [0.15, 0.2) is 11.8 Å². The summed E-state index contributed by atoms with van der Waals surface area (Å²) in [5, 5.41) is 2.26. The summed E-state index contributed by atoms with van der Waals surface area (Å²) in [7, 11) is 0. The van der Waals surface area contributed by atoms with E-state index in [2.05, 4.69) is 23.6 Å². The van der Waals surface area contributed by atoms with E-state index in [4.69, 9.17) is 0 Å². The van der Waals surface area contributed by atoms with Crippen LogP contribution in [0.4, 0.5) is 0 Å². The Hall–Kier alpha value is -0.500. The summed E-state index contributed by atoms with van der Waals surface area (Å²) in [5.74, 6) is 0.981. The van der Waals surface area contributed by atoms with Crippen LogP contribution >= 0.6 is 0 Å². The maximum Gasteiger partial charge on any atom is 0.0377 e. The highest BCUT2D eigenvalue weighted by atomic mass is 15.5. The minimum Gasteiger partial charge on any atom is -0.315 e. The zero-order chi connectivity index (χ0) is 7.68. The molecule has 1 aliphatic heterocycles. The summed E-state index contributed by atoms with van der Waals surface area (Å²) in [6.07, 6.45) is 6.34. The average Bonchev–Trinajstić information content (AvgIpc) is 2.68. The summed E-state index contributed by atoms with van der Waals surface area (Å²) in [4.78, 5) is 0.